The summed E-state index contributed by atoms with van der Waals surface area (Å²) in [5, 5.41) is 8.85. The molecule has 2 heterocycles. The van der Waals surface area contributed by atoms with Gasteiger partial charge in [-0.1, -0.05) is 50.2 Å². The van der Waals surface area contributed by atoms with Gasteiger partial charge in [0.25, 0.3) is 5.89 Å². The van der Waals surface area contributed by atoms with Gasteiger partial charge in [-0.25, -0.2) is 4.98 Å². The Morgan fingerprint density at radius 3 is 2.39 bits per heavy atom. The van der Waals surface area contributed by atoms with Crippen LogP contribution in [0.2, 0.25) is 0 Å². The molecule has 140 valence electrons. The fraction of sp³-hybridized carbons (Fsp3) is 0.182. The zero-order valence-electron chi connectivity index (χ0n) is 16.0. The Kier molecular flexibility index (Phi) is 5.21. The van der Waals surface area contributed by atoms with Gasteiger partial charge in [0.05, 0.1) is 17.6 Å². The lowest BCUT2D eigenvalue weighted by atomic mass is 10.1. The van der Waals surface area contributed by atoms with Gasteiger partial charge in [-0.05, 0) is 25.1 Å². The maximum absolute atomic E-state index is 5.89. The first-order valence-corrected chi connectivity index (χ1v) is 9.99. The highest BCUT2D eigenvalue weighted by atomic mass is 32.2. The second kappa shape index (κ2) is 7.94. The number of rotatable bonds is 5. The summed E-state index contributed by atoms with van der Waals surface area (Å²) in [5.41, 5.74) is 4.08. The Hall–Kier alpha value is -2.99. The van der Waals surface area contributed by atoms with Crippen molar-refractivity contribution in [3.05, 3.63) is 66.5 Å². The van der Waals surface area contributed by atoms with Crippen molar-refractivity contribution in [2.75, 3.05) is 0 Å². The number of hydrogen-bond donors (Lipinski definition) is 0. The van der Waals surface area contributed by atoms with Gasteiger partial charge >= 0.3 is 0 Å². The van der Waals surface area contributed by atoms with E-state index < -0.39 is 0 Å². The van der Waals surface area contributed by atoms with Crippen molar-refractivity contribution < 1.29 is 4.42 Å². The molecular formula is C22H20N4OS. The minimum atomic E-state index is 0.375. The van der Waals surface area contributed by atoms with E-state index in [4.69, 9.17) is 9.40 Å². The van der Waals surface area contributed by atoms with Crippen LogP contribution in [0.15, 0.2) is 70.1 Å². The van der Waals surface area contributed by atoms with Gasteiger partial charge in [-0.3, -0.25) is 4.98 Å². The van der Waals surface area contributed by atoms with E-state index in [1.165, 1.54) is 4.90 Å². The lowest BCUT2D eigenvalue weighted by Crippen LogP contribution is -1.97. The molecule has 0 saturated carbocycles. The van der Waals surface area contributed by atoms with Crippen LogP contribution in [0, 0.1) is 6.92 Å². The molecule has 0 aliphatic heterocycles. The van der Waals surface area contributed by atoms with E-state index in [0.29, 0.717) is 22.7 Å². The Morgan fingerprint density at radius 1 is 0.893 bits per heavy atom. The van der Waals surface area contributed by atoms with E-state index >= 15 is 0 Å². The Balaban J connectivity index is 1.74. The third-order valence-corrected chi connectivity index (χ3v) is 5.21. The lowest BCUT2D eigenvalue weighted by Gasteiger charge is -2.11. The maximum Gasteiger partial charge on any atom is 0.268 e. The molecule has 6 heteroatoms. The van der Waals surface area contributed by atoms with Crippen molar-refractivity contribution in [3.8, 4) is 34.3 Å². The smallest absolute Gasteiger partial charge is 0.268 e. The Bertz CT molecular complexity index is 1090. The molecule has 0 aliphatic rings. The average Bonchev–Trinajstić information content (AvgIpc) is 3.19. The van der Waals surface area contributed by atoms with Crippen molar-refractivity contribution in [1.29, 1.82) is 0 Å². The molecule has 0 N–H and O–H groups in total. The molecule has 4 aromatic rings. The summed E-state index contributed by atoms with van der Waals surface area (Å²) in [5.74, 6) is 0.845. The number of nitrogens with zero attached hydrogens (tertiary/aromatic N) is 4. The molecule has 2 aromatic heterocycles. The molecule has 5 nitrogen and oxygen atoms in total. The van der Waals surface area contributed by atoms with E-state index in [9.17, 15) is 0 Å². The quantitative estimate of drug-likeness (QED) is 0.410. The highest BCUT2D eigenvalue weighted by molar-refractivity contribution is 8.00. The zero-order chi connectivity index (χ0) is 19.5. The minimum Gasteiger partial charge on any atom is -0.415 e. The average molecular weight is 388 g/mol. The molecule has 0 aliphatic carbocycles. The third kappa shape index (κ3) is 3.82. The van der Waals surface area contributed by atoms with Crippen LogP contribution in [0.1, 0.15) is 19.5 Å². The number of thioether (sulfide) groups is 1. The van der Waals surface area contributed by atoms with Crippen LogP contribution in [0.5, 0.6) is 0 Å². The lowest BCUT2D eigenvalue weighted by molar-refractivity contribution is 0.581. The number of aromatic nitrogens is 4. The van der Waals surface area contributed by atoms with Crippen molar-refractivity contribution in [1.82, 2.24) is 20.2 Å². The van der Waals surface area contributed by atoms with Gasteiger partial charge in [0.1, 0.15) is 5.69 Å². The highest BCUT2D eigenvalue weighted by Crippen LogP contribution is 2.34. The van der Waals surface area contributed by atoms with Crippen LogP contribution in [0.25, 0.3) is 34.3 Å². The molecular weight excluding hydrogens is 368 g/mol. The largest absolute Gasteiger partial charge is 0.415 e. The molecule has 4 rings (SSSR count). The van der Waals surface area contributed by atoms with E-state index in [-0.39, 0.29) is 0 Å². The van der Waals surface area contributed by atoms with Crippen molar-refractivity contribution in [2.45, 2.75) is 30.9 Å². The topological polar surface area (TPSA) is 64.7 Å². The van der Waals surface area contributed by atoms with E-state index in [0.717, 1.165) is 22.5 Å². The third-order valence-electron chi connectivity index (χ3n) is 4.13. The van der Waals surface area contributed by atoms with E-state index in [1.54, 1.807) is 6.20 Å². The molecule has 28 heavy (non-hydrogen) atoms. The fourth-order valence-corrected chi connectivity index (χ4v) is 3.80. The minimum absolute atomic E-state index is 0.375. The van der Waals surface area contributed by atoms with Crippen LogP contribution < -0.4 is 0 Å². The number of aryl methyl sites for hydroxylation is 1. The standard InChI is InChI=1S/C22H20N4OS/c1-14(2)28-19-12-8-7-11-17(19)18-13-23-15(3)20(24-18)22-26-25-21(27-22)16-9-5-4-6-10-16/h4-14H,1-3H3. The first-order valence-electron chi connectivity index (χ1n) is 9.11. The van der Waals surface area contributed by atoms with Gasteiger partial charge in [-0.15, -0.1) is 22.0 Å². The van der Waals surface area contributed by atoms with Crippen molar-refractivity contribution in [3.63, 3.8) is 0 Å². The summed E-state index contributed by atoms with van der Waals surface area (Å²) < 4.78 is 5.89. The molecule has 0 spiro atoms. The first kappa shape index (κ1) is 18.4. The maximum atomic E-state index is 5.89. The predicted molar refractivity (Wildman–Crippen MR) is 112 cm³/mol. The molecule has 0 amide bonds. The van der Waals surface area contributed by atoms with Crippen LogP contribution in [-0.2, 0) is 0 Å². The van der Waals surface area contributed by atoms with Crippen LogP contribution in [0.4, 0.5) is 0 Å². The summed E-state index contributed by atoms with van der Waals surface area (Å²) >= 11 is 1.81. The van der Waals surface area contributed by atoms with Crippen LogP contribution >= 0.6 is 11.8 Å². The van der Waals surface area contributed by atoms with Gasteiger partial charge in [0.15, 0.2) is 0 Å². The summed E-state index contributed by atoms with van der Waals surface area (Å²) in [4.78, 5) is 10.5. The molecule has 0 radical (unpaired) electrons. The van der Waals surface area contributed by atoms with Gasteiger partial charge < -0.3 is 4.42 Å². The second-order valence-electron chi connectivity index (χ2n) is 6.63. The highest BCUT2D eigenvalue weighted by Gasteiger charge is 2.17. The molecule has 0 saturated heterocycles. The monoisotopic (exact) mass is 388 g/mol. The van der Waals surface area contributed by atoms with Crippen molar-refractivity contribution >= 4 is 11.8 Å². The molecule has 0 fully saturated rings. The second-order valence-corrected chi connectivity index (χ2v) is 8.25. The number of hydrogen-bond acceptors (Lipinski definition) is 6. The normalized spacial score (nSPS) is 11.1. The van der Waals surface area contributed by atoms with Crippen molar-refractivity contribution in [2.24, 2.45) is 0 Å². The molecule has 2 aromatic carbocycles. The number of benzene rings is 2. The summed E-state index contributed by atoms with van der Waals surface area (Å²) in [6.45, 7) is 6.25. The summed E-state index contributed by atoms with van der Waals surface area (Å²) in [6, 6.07) is 17.9. The Morgan fingerprint density at radius 2 is 1.61 bits per heavy atom. The van der Waals surface area contributed by atoms with Gasteiger partial charge in [0.2, 0.25) is 5.89 Å². The Labute approximate surface area is 168 Å². The summed E-state index contributed by atoms with van der Waals surface area (Å²) in [7, 11) is 0. The summed E-state index contributed by atoms with van der Waals surface area (Å²) in [6.07, 6.45) is 1.80. The van der Waals surface area contributed by atoms with E-state index in [1.807, 2.05) is 61.2 Å². The van der Waals surface area contributed by atoms with E-state index in [2.05, 4.69) is 41.2 Å². The van der Waals surface area contributed by atoms with Gasteiger partial charge in [-0.2, -0.15) is 0 Å². The predicted octanol–water partition coefficient (Wildman–Crippen LogP) is 5.67. The molecule has 0 unspecified atom stereocenters. The van der Waals surface area contributed by atoms with Crippen LogP contribution in [0.3, 0.4) is 0 Å². The fourth-order valence-electron chi connectivity index (χ4n) is 2.83. The molecule has 0 bridgehead atoms. The van der Waals surface area contributed by atoms with Crippen LogP contribution in [-0.4, -0.2) is 25.4 Å². The first-order chi connectivity index (χ1) is 13.6. The zero-order valence-corrected chi connectivity index (χ0v) is 16.8. The molecule has 0 atom stereocenters. The SMILES string of the molecule is Cc1ncc(-c2ccccc2SC(C)C)nc1-c1nnc(-c2ccccc2)o1. The van der Waals surface area contributed by atoms with Gasteiger partial charge in [0, 0.05) is 21.3 Å².